The van der Waals surface area contributed by atoms with Crippen molar-refractivity contribution >= 4 is 10.0 Å². The first-order chi connectivity index (χ1) is 9.47. The highest BCUT2D eigenvalue weighted by molar-refractivity contribution is 7.89. The van der Waals surface area contributed by atoms with Crippen molar-refractivity contribution in [1.82, 2.24) is 4.31 Å². The van der Waals surface area contributed by atoms with E-state index < -0.39 is 16.1 Å². The Kier molecular flexibility index (Phi) is 4.78. The normalized spacial score (nSPS) is 17.4. The third-order valence-electron chi connectivity index (χ3n) is 3.51. The molecule has 1 aliphatic carbocycles. The molecule has 4 nitrogen and oxygen atoms in total. The maximum Gasteiger partial charge on any atom is 0.217 e. The van der Waals surface area contributed by atoms with E-state index in [2.05, 4.69) is 0 Å². The van der Waals surface area contributed by atoms with Crippen molar-refractivity contribution in [3.05, 3.63) is 35.6 Å². The summed E-state index contributed by atoms with van der Waals surface area (Å²) >= 11 is 0. The summed E-state index contributed by atoms with van der Waals surface area (Å²) in [5, 5.41) is 0. The highest BCUT2D eigenvalue weighted by Gasteiger charge is 2.41. The summed E-state index contributed by atoms with van der Waals surface area (Å²) in [6, 6.07) is 5.82. The lowest BCUT2D eigenvalue weighted by Crippen LogP contribution is -2.38. The molecule has 1 saturated carbocycles. The van der Waals surface area contributed by atoms with Crippen molar-refractivity contribution < 1.29 is 17.5 Å². The highest BCUT2D eigenvalue weighted by atomic mass is 32.2. The number of hydrogen-bond donors (Lipinski definition) is 0. The van der Waals surface area contributed by atoms with Crippen LogP contribution in [0.3, 0.4) is 0 Å². The number of sulfonamides is 1. The van der Waals surface area contributed by atoms with Gasteiger partial charge in [-0.1, -0.05) is 18.2 Å². The van der Waals surface area contributed by atoms with Crippen LogP contribution in [0.1, 0.15) is 31.4 Å². The number of halogens is 1. The summed E-state index contributed by atoms with van der Waals surface area (Å²) in [4.78, 5) is 0. The molecule has 2 rings (SSSR count). The number of nitrogens with zero attached hydrogens (tertiary/aromatic N) is 1. The van der Waals surface area contributed by atoms with Gasteiger partial charge in [0.1, 0.15) is 5.82 Å². The predicted octanol–water partition coefficient (Wildman–Crippen LogP) is 2.33. The molecule has 0 bridgehead atoms. The molecule has 0 aromatic heterocycles. The Morgan fingerprint density at radius 2 is 2.05 bits per heavy atom. The largest absolute Gasteiger partial charge is 0.384 e. The van der Waals surface area contributed by atoms with Crippen molar-refractivity contribution in [3.63, 3.8) is 0 Å². The van der Waals surface area contributed by atoms with Gasteiger partial charge in [-0.05, 0) is 25.8 Å². The maximum absolute atomic E-state index is 13.9. The van der Waals surface area contributed by atoms with E-state index in [4.69, 9.17) is 4.74 Å². The second-order valence-electron chi connectivity index (χ2n) is 5.07. The van der Waals surface area contributed by atoms with Crippen LogP contribution in [0.4, 0.5) is 4.39 Å². The lowest BCUT2D eigenvalue weighted by atomic mass is 10.1. The van der Waals surface area contributed by atoms with E-state index in [0.717, 1.165) is 12.8 Å². The summed E-state index contributed by atoms with van der Waals surface area (Å²) in [5.74, 6) is -0.439. The van der Waals surface area contributed by atoms with Crippen LogP contribution in [0.5, 0.6) is 0 Å². The Morgan fingerprint density at radius 3 is 2.60 bits per heavy atom. The minimum atomic E-state index is -3.44. The topological polar surface area (TPSA) is 46.6 Å². The Morgan fingerprint density at radius 1 is 1.40 bits per heavy atom. The van der Waals surface area contributed by atoms with E-state index in [1.54, 1.807) is 25.1 Å². The molecule has 1 aliphatic rings. The van der Waals surface area contributed by atoms with Gasteiger partial charge in [0.25, 0.3) is 0 Å². The standard InChI is InChI=1S/C14H20FNO3S/c1-11(13-5-3-4-6-14(13)15)16(12-7-8-12)20(17,18)10-9-19-2/h3-6,11-12H,7-10H2,1-2H3/t11-/m1/s1. The first-order valence-corrected chi connectivity index (χ1v) is 8.33. The third-order valence-corrected chi connectivity index (χ3v) is 5.45. The minimum Gasteiger partial charge on any atom is -0.384 e. The monoisotopic (exact) mass is 301 g/mol. The molecule has 0 saturated heterocycles. The van der Waals surface area contributed by atoms with Crippen LogP contribution in [0.2, 0.25) is 0 Å². The fourth-order valence-corrected chi connectivity index (χ4v) is 4.21. The summed E-state index contributed by atoms with van der Waals surface area (Å²) in [5.41, 5.74) is 0.417. The molecule has 0 amide bonds. The van der Waals surface area contributed by atoms with Crippen LogP contribution in [0.25, 0.3) is 0 Å². The Labute approximate surface area is 119 Å². The number of hydrogen-bond acceptors (Lipinski definition) is 3. The van der Waals surface area contributed by atoms with E-state index in [0.29, 0.717) is 5.56 Å². The van der Waals surface area contributed by atoms with Gasteiger partial charge in [-0.25, -0.2) is 12.8 Å². The smallest absolute Gasteiger partial charge is 0.217 e. The first-order valence-electron chi connectivity index (χ1n) is 6.72. The summed E-state index contributed by atoms with van der Waals surface area (Å²) in [7, 11) is -1.97. The van der Waals surface area contributed by atoms with Crippen LogP contribution >= 0.6 is 0 Å². The zero-order chi connectivity index (χ0) is 14.8. The van der Waals surface area contributed by atoms with Crippen molar-refractivity contribution in [3.8, 4) is 0 Å². The third kappa shape index (κ3) is 3.37. The van der Waals surface area contributed by atoms with Gasteiger partial charge in [-0.2, -0.15) is 4.31 Å². The van der Waals surface area contributed by atoms with Crippen molar-refractivity contribution in [1.29, 1.82) is 0 Å². The van der Waals surface area contributed by atoms with Gasteiger partial charge in [0, 0.05) is 18.7 Å². The van der Waals surface area contributed by atoms with Gasteiger partial charge in [0.05, 0.1) is 18.4 Å². The van der Waals surface area contributed by atoms with Gasteiger partial charge in [0.2, 0.25) is 10.0 Å². The quantitative estimate of drug-likeness (QED) is 0.776. The maximum atomic E-state index is 13.9. The van der Waals surface area contributed by atoms with E-state index in [1.165, 1.54) is 17.5 Å². The molecule has 0 aliphatic heterocycles. The van der Waals surface area contributed by atoms with Crippen molar-refractivity contribution in [2.75, 3.05) is 19.5 Å². The summed E-state index contributed by atoms with van der Waals surface area (Å²) in [6.07, 6.45) is 1.68. The fourth-order valence-electron chi connectivity index (χ4n) is 2.36. The second-order valence-corrected chi connectivity index (χ2v) is 7.06. The van der Waals surface area contributed by atoms with Crippen LogP contribution in [0.15, 0.2) is 24.3 Å². The van der Waals surface area contributed by atoms with Gasteiger partial charge >= 0.3 is 0 Å². The van der Waals surface area contributed by atoms with Crippen LogP contribution in [0, 0.1) is 5.82 Å². The Balaban J connectivity index is 2.27. The lowest BCUT2D eigenvalue weighted by molar-refractivity contribution is 0.214. The Bertz CT molecular complexity index is 557. The minimum absolute atomic E-state index is 0.00791. The molecule has 0 N–H and O–H groups in total. The summed E-state index contributed by atoms with van der Waals surface area (Å²) in [6.45, 7) is 1.89. The molecule has 0 unspecified atom stereocenters. The van der Waals surface area contributed by atoms with Crippen LogP contribution < -0.4 is 0 Å². The van der Waals surface area contributed by atoms with Crippen molar-refractivity contribution in [2.24, 2.45) is 0 Å². The molecule has 1 aromatic carbocycles. The Hall–Kier alpha value is -0.980. The SMILES string of the molecule is COCCS(=O)(=O)N(C1CC1)[C@H](C)c1ccccc1F. The molecule has 1 aromatic rings. The highest BCUT2D eigenvalue weighted by Crippen LogP contribution is 2.37. The molecule has 6 heteroatoms. The molecular formula is C14H20FNO3S. The van der Waals surface area contributed by atoms with E-state index >= 15 is 0 Å². The molecule has 112 valence electrons. The van der Waals surface area contributed by atoms with Gasteiger partial charge in [0.15, 0.2) is 0 Å². The van der Waals surface area contributed by atoms with E-state index in [1.807, 2.05) is 0 Å². The van der Waals surface area contributed by atoms with Crippen LogP contribution in [-0.4, -0.2) is 38.2 Å². The van der Waals surface area contributed by atoms with E-state index in [9.17, 15) is 12.8 Å². The average molecular weight is 301 g/mol. The first kappa shape index (κ1) is 15.4. The molecular weight excluding hydrogens is 281 g/mol. The number of methoxy groups -OCH3 is 1. The average Bonchev–Trinajstić information content (AvgIpc) is 3.21. The molecule has 20 heavy (non-hydrogen) atoms. The number of rotatable bonds is 7. The van der Waals surface area contributed by atoms with Crippen molar-refractivity contribution in [2.45, 2.75) is 31.8 Å². The van der Waals surface area contributed by atoms with Crippen LogP contribution in [-0.2, 0) is 14.8 Å². The molecule has 1 fully saturated rings. The predicted molar refractivity (Wildman–Crippen MR) is 75.3 cm³/mol. The molecule has 0 spiro atoms. The zero-order valence-electron chi connectivity index (χ0n) is 11.8. The molecule has 0 radical (unpaired) electrons. The zero-order valence-corrected chi connectivity index (χ0v) is 12.6. The number of benzene rings is 1. The fraction of sp³-hybridized carbons (Fsp3) is 0.571. The number of ether oxygens (including phenoxy) is 1. The van der Waals surface area contributed by atoms with E-state index in [-0.39, 0.29) is 24.2 Å². The van der Waals surface area contributed by atoms with Gasteiger partial charge in [-0.3, -0.25) is 0 Å². The molecule has 0 heterocycles. The molecule has 1 atom stereocenters. The van der Waals surface area contributed by atoms with Gasteiger partial charge in [-0.15, -0.1) is 0 Å². The second kappa shape index (κ2) is 6.20. The lowest BCUT2D eigenvalue weighted by Gasteiger charge is -2.28. The van der Waals surface area contributed by atoms with Gasteiger partial charge < -0.3 is 4.74 Å². The summed E-state index contributed by atoms with van der Waals surface area (Å²) < 4.78 is 45.0.